The molecule has 0 unspecified atom stereocenters. The maximum absolute atomic E-state index is 6.40. The topological polar surface area (TPSA) is 77.2 Å². The quantitative estimate of drug-likeness (QED) is 0.820. The first-order chi connectivity index (χ1) is 13.1. The lowest BCUT2D eigenvalue weighted by molar-refractivity contribution is 0.122. The Morgan fingerprint density at radius 3 is 2.48 bits per heavy atom. The number of ether oxygens (including phenoxy) is 1. The van der Waals surface area contributed by atoms with E-state index < -0.39 is 0 Å². The maximum Gasteiger partial charge on any atom is 0.226 e. The van der Waals surface area contributed by atoms with Gasteiger partial charge in [0.15, 0.2) is 0 Å². The number of aromatic nitrogens is 3. The minimum atomic E-state index is 0.104. The van der Waals surface area contributed by atoms with E-state index in [1.54, 1.807) is 12.3 Å². The number of nitrogen functional groups attached to an aromatic ring is 1. The number of hydrogen-bond donors (Lipinski definition) is 1. The van der Waals surface area contributed by atoms with Crippen molar-refractivity contribution in [3.8, 4) is 11.3 Å². The number of nitrogens with two attached hydrogens (primary N) is 1. The van der Waals surface area contributed by atoms with E-state index >= 15 is 0 Å². The molecule has 2 aromatic heterocycles. The lowest BCUT2D eigenvalue weighted by Crippen LogP contribution is -2.37. The summed E-state index contributed by atoms with van der Waals surface area (Å²) in [4.78, 5) is 16.0. The van der Waals surface area contributed by atoms with Crippen molar-refractivity contribution in [1.29, 1.82) is 0 Å². The van der Waals surface area contributed by atoms with Crippen LogP contribution in [0.5, 0.6) is 0 Å². The molecular formula is C19H26ClN5OS. The van der Waals surface area contributed by atoms with Crippen LogP contribution in [0.3, 0.4) is 0 Å². The van der Waals surface area contributed by atoms with Gasteiger partial charge in [0.25, 0.3) is 0 Å². The van der Waals surface area contributed by atoms with Crippen molar-refractivity contribution in [3.05, 3.63) is 29.0 Å². The highest BCUT2D eigenvalue weighted by Crippen LogP contribution is 2.55. The number of halogens is 1. The lowest BCUT2D eigenvalue weighted by atomic mass is 10.1. The Kier molecular flexibility index (Phi) is 6.44. The predicted molar refractivity (Wildman–Crippen MR) is 113 cm³/mol. The Morgan fingerprint density at radius 1 is 1.19 bits per heavy atom. The summed E-state index contributed by atoms with van der Waals surface area (Å²) in [5.41, 5.74) is 8.38. The van der Waals surface area contributed by atoms with Crippen LogP contribution in [-0.4, -0.2) is 47.5 Å². The molecule has 2 fully saturated rings. The number of pyridine rings is 1. The average Bonchev–Trinajstić information content (AvgIpc) is 3.51. The summed E-state index contributed by atoms with van der Waals surface area (Å²) in [5, 5.41) is 0.555. The second kappa shape index (κ2) is 8.63. The molecule has 8 heteroatoms. The van der Waals surface area contributed by atoms with Gasteiger partial charge in [-0.15, -0.1) is 0 Å². The van der Waals surface area contributed by atoms with Crippen molar-refractivity contribution < 1.29 is 4.74 Å². The number of rotatable bonds is 4. The predicted octanol–water partition coefficient (Wildman–Crippen LogP) is 3.99. The highest BCUT2D eigenvalue weighted by Gasteiger charge is 2.45. The summed E-state index contributed by atoms with van der Waals surface area (Å²) in [6.07, 6.45) is 6.11. The van der Waals surface area contributed by atoms with Gasteiger partial charge < -0.3 is 15.4 Å². The van der Waals surface area contributed by atoms with Crippen LogP contribution < -0.4 is 10.6 Å². The summed E-state index contributed by atoms with van der Waals surface area (Å²) in [6.45, 7) is 6.98. The fourth-order valence-corrected chi connectivity index (χ4v) is 4.10. The summed E-state index contributed by atoms with van der Waals surface area (Å²) < 4.78 is 5.56. The molecule has 1 saturated carbocycles. The molecular weight excluding hydrogens is 382 g/mol. The van der Waals surface area contributed by atoms with Crippen LogP contribution in [0.25, 0.3) is 11.3 Å². The standard InChI is InChI=1S/C17H20ClN5OS.C2H6/c1-25-17(2-3-17)14-9-13(11-10-20-15(19)8-12(11)18)21-16(22-14)23-4-6-24-7-5-23;1-2/h8-10H,2-7H2,1H3,(H2,19,20);1-2H3. The zero-order valence-corrected chi connectivity index (χ0v) is 17.6. The maximum atomic E-state index is 6.40. The van der Waals surface area contributed by atoms with Crippen LogP contribution in [0.4, 0.5) is 11.8 Å². The van der Waals surface area contributed by atoms with Crippen molar-refractivity contribution >= 4 is 35.1 Å². The molecule has 27 heavy (non-hydrogen) atoms. The number of thioether (sulfide) groups is 1. The van der Waals surface area contributed by atoms with Crippen molar-refractivity contribution in [3.63, 3.8) is 0 Å². The highest BCUT2D eigenvalue weighted by atomic mass is 35.5. The summed E-state index contributed by atoms with van der Waals surface area (Å²) in [5.74, 6) is 1.14. The molecule has 0 aromatic carbocycles. The van der Waals surface area contributed by atoms with Gasteiger partial charge in [0.2, 0.25) is 5.95 Å². The van der Waals surface area contributed by atoms with Crippen molar-refractivity contribution in [2.24, 2.45) is 0 Å². The van der Waals surface area contributed by atoms with Gasteiger partial charge in [-0.25, -0.2) is 15.0 Å². The van der Waals surface area contributed by atoms with E-state index in [-0.39, 0.29) is 4.75 Å². The number of morpholine rings is 1. The van der Waals surface area contributed by atoms with Crippen LogP contribution in [0, 0.1) is 0 Å². The van der Waals surface area contributed by atoms with Gasteiger partial charge in [-0.05, 0) is 31.2 Å². The Hall–Kier alpha value is -1.57. The Morgan fingerprint density at radius 2 is 1.89 bits per heavy atom. The molecule has 146 valence electrons. The first kappa shape index (κ1) is 20.2. The third kappa shape index (κ3) is 4.31. The van der Waals surface area contributed by atoms with E-state index in [4.69, 9.17) is 32.0 Å². The van der Waals surface area contributed by atoms with Crippen molar-refractivity contribution in [2.75, 3.05) is 43.2 Å². The third-order valence-corrected chi connectivity index (χ3v) is 6.43. The summed E-state index contributed by atoms with van der Waals surface area (Å²) in [7, 11) is 0. The van der Waals surface area contributed by atoms with Gasteiger partial charge in [0.05, 0.1) is 34.4 Å². The van der Waals surface area contributed by atoms with Gasteiger partial charge >= 0.3 is 0 Å². The molecule has 0 atom stereocenters. The van der Waals surface area contributed by atoms with Crippen LogP contribution in [0.2, 0.25) is 5.02 Å². The Labute approximate surface area is 169 Å². The lowest BCUT2D eigenvalue weighted by Gasteiger charge is -2.28. The molecule has 2 aliphatic rings. The number of hydrogen-bond acceptors (Lipinski definition) is 7. The van der Waals surface area contributed by atoms with Gasteiger partial charge in [0, 0.05) is 24.8 Å². The fraction of sp³-hybridized carbons (Fsp3) is 0.526. The summed E-state index contributed by atoms with van der Waals surface area (Å²) >= 11 is 8.25. The highest BCUT2D eigenvalue weighted by molar-refractivity contribution is 7.99. The minimum absolute atomic E-state index is 0.104. The van der Waals surface area contributed by atoms with Crippen molar-refractivity contribution in [1.82, 2.24) is 15.0 Å². The Bertz CT molecular complexity index is 794. The van der Waals surface area contributed by atoms with E-state index in [1.807, 2.05) is 31.7 Å². The first-order valence-corrected chi connectivity index (χ1v) is 10.9. The van der Waals surface area contributed by atoms with Gasteiger partial charge in [0.1, 0.15) is 5.82 Å². The molecule has 1 saturated heterocycles. The van der Waals surface area contributed by atoms with Crippen LogP contribution >= 0.6 is 23.4 Å². The zero-order valence-electron chi connectivity index (χ0n) is 16.0. The molecule has 2 N–H and O–H groups in total. The average molecular weight is 408 g/mol. The monoisotopic (exact) mass is 407 g/mol. The fourth-order valence-electron chi connectivity index (χ4n) is 3.02. The molecule has 6 nitrogen and oxygen atoms in total. The van der Waals surface area contributed by atoms with Gasteiger partial charge in [-0.2, -0.15) is 11.8 Å². The van der Waals surface area contributed by atoms with Gasteiger partial charge in [-0.1, -0.05) is 25.4 Å². The molecule has 0 radical (unpaired) electrons. The molecule has 0 amide bonds. The molecule has 3 heterocycles. The van der Waals surface area contributed by atoms with E-state index in [0.717, 1.165) is 48.8 Å². The smallest absolute Gasteiger partial charge is 0.226 e. The van der Waals surface area contributed by atoms with E-state index in [2.05, 4.69) is 16.1 Å². The SMILES string of the molecule is CC.CSC1(c2cc(-c3cnc(N)cc3Cl)nc(N3CCOCC3)n2)CC1. The number of nitrogens with zero attached hydrogens (tertiary/aromatic N) is 4. The molecule has 1 aliphatic heterocycles. The molecule has 1 aliphatic carbocycles. The number of anilines is 2. The molecule has 0 spiro atoms. The molecule has 2 aromatic rings. The third-order valence-electron chi connectivity index (χ3n) is 4.72. The van der Waals surface area contributed by atoms with Crippen LogP contribution in [0.1, 0.15) is 32.4 Å². The first-order valence-electron chi connectivity index (χ1n) is 9.30. The van der Waals surface area contributed by atoms with E-state index in [9.17, 15) is 0 Å². The van der Waals surface area contributed by atoms with Crippen molar-refractivity contribution in [2.45, 2.75) is 31.4 Å². The summed E-state index contributed by atoms with van der Waals surface area (Å²) in [6, 6.07) is 3.71. The molecule has 4 rings (SSSR count). The van der Waals surface area contributed by atoms with Gasteiger partial charge in [-0.3, -0.25) is 0 Å². The van der Waals surface area contributed by atoms with E-state index in [1.165, 1.54) is 0 Å². The largest absolute Gasteiger partial charge is 0.384 e. The van der Waals surface area contributed by atoms with Crippen LogP contribution in [-0.2, 0) is 9.48 Å². The second-order valence-electron chi connectivity index (χ2n) is 6.33. The zero-order chi connectivity index (χ0) is 19.4. The van der Waals surface area contributed by atoms with Crippen LogP contribution in [0.15, 0.2) is 18.3 Å². The Balaban J connectivity index is 0.00000102. The normalized spacial score (nSPS) is 17.9. The second-order valence-corrected chi connectivity index (χ2v) is 7.92. The minimum Gasteiger partial charge on any atom is -0.384 e. The van der Waals surface area contributed by atoms with E-state index in [0.29, 0.717) is 24.1 Å². The molecule has 0 bridgehead atoms.